The molecule has 1 aromatic rings. The number of likely N-dealkylation sites (tertiary alicyclic amines) is 1. The molecule has 1 aromatic carbocycles. The Morgan fingerprint density at radius 3 is 2.82 bits per heavy atom. The molecule has 1 amide bonds. The molecule has 1 aliphatic rings. The van der Waals surface area contributed by atoms with Crippen molar-refractivity contribution in [1.29, 1.82) is 0 Å². The maximum absolute atomic E-state index is 12.7. The first-order chi connectivity index (χ1) is 10.5. The van der Waals surface area contributed by atoms with Crippen LogP contribution in [0.3, 0.4) is 0 Å². The van der Waals surface area contributed by atoms with Gasteiger partial charge in [-0.15, -0.1) is 0 Å². The van der Waals surface area contributed by atoms with E-state index in [1.54, 1.807) is 23.1 Å². The quantitative estimate of drug-likeness (QED) is 0.923. The largest absolute Gasteiger partial charge is 0.496 e. The third-order valence-corrected chi connectivity index (χ3v) is 4.23. The number of carbonyl (C=O) groups excluding carboxylic acids is 1. The molecule has 1 saturated heterocycles. The zero-order valence-electron chi connectivity index (χ0n) is 12.5. The van der Waals surface area contributed by atoms with Gasteiger partial charge in [-0.2, -0.15) is 0 Å². The maximum Gasteiger partial charge on any atom is 0.303 e. The van der Waals surface area contributed by atoms with Gasteiger partial charge in [-0.3, -0.25) is 9.59 Å². The highest BCUT2D eigenvalue weighted by atomic mass is 35.5. The van der Waals surface area contributed by atoms with Gasteiger partial charge in [0.15, 0.2) is 0 Å². The molecule has 0 radical (unpaired) electrons. The lowest BCUT2D eigenvalue weighted by Gasteiger charge is -2.21. The van der Waals surface area contributed by atoms with Crippen molar-refractivity contribution in [2.75, 3.05) is 20.2 Å². The van der Waals surface area contributed by atoms with Gasteiger partial charge in [0.2, 0.25) is 0 Å². The monoisotopic (exact) mass is 325 g/mol. The lowest BCUT2D eigenvalue weighted by Crippen LogP contribution is -2.32. The van der Waals surface area contributed by atoms with Gasteiger partial charge in [0.1, 0.15) is 5.75 Å². The van der Waals surface area contributed by atoms with Crippen molar-refractivity contribution >= 4 is 23.5 Å². The van der Waals surface area contributed by atoms with Crippen LogP contribution in [0, 0.1) is 5.92 Å². The minimum absolute atomic E-state index is 0.0931. The molecule has 1 fully saturated rings. The number of benzene rings is 1. The van der Waals surface area contributed by atoms with E-state index in [2.05, 4.69) is 0 Å². The third-order valence-electron chi connectivity index (χ3n) is 3.99. The van der Waals surface area contributed by atoms with Crippen molar-refractivity contribution in [3.05, 3.63) is 28.8 Å². The van der Waals surface area contributed by atoms with Gasteiger partial charge >= 0.3 is 5.97 Å². The zero-order chi connectivity index (χ0) is 16.1. The molecule has 22 heavy (non-hydrogen) atoms. The zero-order valence-corrected chi connectivity index (χ0v) is 13.3. The summed E-state index contributed by atoms with van der Waals surface area (Å²) in [6.45, 7) is 1.21. The van der Waals surface area contributed by atoms with Gasteiger partial charge in [-0.05, 0) is 43.4 Å². The van der Waals surface area contributed by atoms with Crippen molar-refractivity contribution in [2.45, 2.75) is 25.7 Å². The normalized spacial score (nSPS) is 18.6. The minimum Gasteiger partial charge on any atom is -0.496 e. The van der Waals surface area contributed by atoms with E-state index in [0.29, 0.717) is 35.8 Å². The van der Waals surface area contributed by atoms with Crippen molar-refractivity contribution in [3.8, 4) is 5.75 Å². The predicted octanol–water partition coefficient (Wildman–Crippen LogP) is 3.07. The Kier molecular flexibility index (Phi) is 5.66. The fraction of sp³-hybridized carbons (Fsp3) is 0.500. The first-order valence-corrected chi connectivity index (χ1v) is 7.73. The Labute approximate surface area is 134 Å². The van der Waals surface area contributed by atoms with Gasteiger partial charge in [0.25, 0.3) is 5.91 Å². The number of ether oxygens (including phenoxy) is 1. The van der Waals surface area contributed by atoms with Crippen LogP contribution in [0.2, 0.25) is 5.02 Å². The SMILES string of the molecule is COc1cc(Cl)ccc1C(=O)N1CCCC(CC(=O)O)CC1. The van der Waals surface area contributed by atoms with E-state index < -0.39 is 5.97 Å². The number of carboxylic acids is 1. The number of amides is 1. The van der Waals surface area contributed by atoms with E-state index in [0.717, 1.165) is 12.8 Å². The Hall–Kier alpha value is -1.75. The summed E-state index contributed by atoms with van der Waals surface area (Å²) in [6.07, 6.45) is 2.55. The van der Waals surface area contributed by atoms with Crippen LogP contribution in [0.4, 0.5) is 0 Å². The molecular weight excluding hydrogens is 306 g/mol. The van der Waals surface area contributed by atoms with Crippen LogP contribution < -0.4 is 4.74 Å². The van der Waals surface area contributed by atoms with Crippen molar-refractivity contribution in [2.24, 2.45) is 5.92 Å². The van der Waals surface area contributed by atoms with Gasteiger partial charge < -0.3 is 14.7 Å². The molecule has 0 bridgehead atoms. The Morgan fingerprint density at radius 2 is 2.14 bits per heavy atom. The fourth-order valence-electron chi connectivity index (χ4n) is 2.83. The summed E-state index contributed by atoms with van der Waals surface area (Å²) in [4.78, 5) is 25.3. The van der Waals surface area contributed by atoms with Crippen LogP contribution in [0.5, 0.6) is 5.75 Å². The molecule has 5 nitrogen and oxygen atoms in total. The van der Waals surface area contributed by atoms with Gasteiger partial charge in [0.05, 0.1) is 12.7 Å². The molecule has 1 unspecified atom stereocenters. The van der Waals surface area contributed by atoms with Crippen molar-refractivity contribution in [3.63, 3.8) is 0 Å². The molecule has 1 heterocycles. The van der Waals surface area contributed by atoms with Crippen LogP contribution in [-0.2, 0) is 4.79 Å². The summed E-state index contributed by atoms with van der Waals surface area (Å²) in [5, 5.41) is 9.41. The number of nitrogens with zero attached hydrogens (tertiary/aromatic N) is 1. The Bertz CT molecular complexity index is 561. The summed E-state index contributed by atoms with van der Waals surface area (Å²) in [6, 6.07) is 4.96. The summed E-state index contributed by atoms with van der Waals surface area (Å²) < 4.78 is 5.23. The number of methoxy groups -OCH3 is 1. The Balaban J connectivity index is 2.08. The lowest BCUT2D eigenvalue weighted by molar-refractivity contribution is -0.138. The molecule has 1 aliphatic heterocycles. The van der Waals surface area contributed by atoms with Crippen LogP contribution in [0.15, 0.2) is 18.2 Å². The van der Waals surface area contributed by atoms with Crippen LogP contribution in [-0.4, -0.2) is 42.1 Å². The van der Waals surface area contributed by atoms with E-state index in [1.165, 1.54) is 7.11 Å². The van der Waals surface area contributed by atoms with Crippen molar-refractivity contribution < 1.29 is 19.4 Å². The van der Waals surface area contributed by atoms with Gasteiger partial charge in [-0.25, -0.2) is 0 Å². The summed E-state index contributed by atoms with van der Waals surface area (Å²) in [5.74, 6) is -0.264. The van der Waals surface area contributed by atoms with E-state index in [-0.39, 0.29) is 18.2 Å². The number of aliphatic carboxylic acids is 1. The number of hydrogen-bond acceptors (Lipinski definition) is 3. The number of carbonyl (C=O) groups is 2. The Morgan fingerprint density at radius 1 is 1.36 bits per heavy atom. The summed E-state index contributed by atoms with van der Waals surface area (Å²) >= 11 is 5.92. The number of carboxylic acid groups (broad SMARTS) is 1. The molecule has 1 atom stereocenters. The van der Waals surface area contributed by atoms with Gasteiger partial charge in [-0.1, -0.05) is 11.6 Å². The standard InChI is InChI=1S/C16H20ClNO4/c1-22-14-10-12(17)4-5-13(14)16(21)18-7-2-3-11(6-8-18)9-15(19)20/h4-5,10-11H,2-3,6-9H2,1H3,(H,19,20). The highest BCUT2D eigenvalue weighted by molar-refractivity contribution is 6.30. The van der Waals surface area contributed by atoms with Crippen molar-refractivity contribution in [1.82, 2.24) is 4.90 Å². The molecule has 1 N–H and O–H groups in total. The predicted molar refractivity (Wildman–Crippen MR) is 83.5 cm³/mol. The fourth-order valence-corrected chi connectivity index (χ4v) is 2.99. The number of halogens is 1. The molecule has 0 aliphatic carbocycles. The maximum atomic E-state index is 12.7. The highest BCUT2D eigenvalue weighted by Crippen LogP contribution is 2.27. The van der Waals surface area contributed by atoms with E-state index >= 15 is 0 Å². The summed E-state index contributed by atoms with van der Waals surface area (Å²) in [5.41, 5.74) is 0.489. The van der Waals surface area contributed by atoms with Crippen LogP contribution in [0.25, 0.3) is 0 Å². The van der Waals surface area contributed by atoms with E-state index in [4.69, 9.17) is 21.4 Å². The highest BCUT2D eigenvalue weighted by Gasteiger charge is 2.24. The van der Waals surface area contributed by atoms with Gasteiger partial charge in [0, 0.05) is 24.5 Å². The van der Waals surface area contributed by atoms with Crippen LogP contribution in [0.1, 0.15) is 36.0 Å². The molecule has 2 rings (SSSR count). The average Bonchev–Trinajstić information content (AvgIpc) is 2.71. The second kappa shape index (κ2) is 7.49. The third kappa shape index (κ3) is 4.13. The van der Waals surface area contributed by atoms with E-state index in [9.17, 15) is 9.59 Å². The average molecular weight is 326 g/mol. The molecule has 120 valence electrons. The van der Waals surface area contributed by atoms with Crippen LogP contribution >= 0.6 is 11.6 Å². The molecule has 0 spiro atoms. The molecule has 6 heteroatoms. The topological polar surface area (TPSA) is 66.8 Å². The first kappa shape index (κ1) is 16.6. The number of rotatable bonds is 4. The summed E-state index contributed by atoms with van der Waals surface area (Å²) in [7, 11) is 1.51. The second-order valence-corrected chi connectivity index (χ2v) is 5.97. The first-order valence-electron chi connectivity index (χ1n) is 7.36. The molecule has 0 aromatic heterocycles. The lowest BCUT2D eigenvalue weighted by atomic mass is 9.97. The number of hydrogen-bond donors (Lipinski definition) is 1. The minimum atomic E-state index is -0.774. The smallest absolute Gasteiger partial charge is 0.303 e. The van der Waals surface area contributed by atoms with E-state index in [1.807, 2.05) is 0 Å². The second-order valence-electron chi connectivity index (χ2n) is 5.53. The molecular formula is C16H20ClNO4. The molecule has 0 saturated carbocycles.